The summed E-state index contributed by atoms with van der Waals surface area (Å²) in [6, 6.07) is 8.08. The molecule has 0 aliphatic carbocycles. The molecule has 0 unspecified atom stereocenters. The number of piperazine rings is 1. The quantitative estimate of drug-likeness (QED) is 0.880. The van der Waals surface area contributed by atoms with Crippen molar-refractivity contribution < 1.29 is 4.79 Å². The lowest BCUT2D eigenvalue weighted by atomic mass is 9.86. The predicted molar refractivity (Wildman–Crippen MR) is 102 cm³/mol. The average Bonchev–Trinajstić information content (AvgIpc) is 2.45. The van der Waals surface area contributed by atoms with Crippen molar-refractivity contribution in [1.29, 1.82) is 0 Å². The number of halogens is 2. The van der Waals surface area contributed by atoms with Gasteiger partial charge in [-0.2, -0.15) is 0 Å². The lowest BCUT2D eigenvalue weighted by Gasteiger charge is -2.39. The minimum absolute atomic E-state index is 0. The van der Waals surface area contributed by atoms with E-state index in [-0.39, 0.29) is 36.1 Å². The molecule has 0 spiro atoms. The van der Waals surface area contributed by atoms with Crippen molar-refractivity contribution in [1.82, 2.24) is 4.90 Å². The van der Waals surface area contributed by atoms with Crippen LogP contribution in [0.3, 0.4) is 0 Å². The van der Waals surface area contributed by atoms with Crippen LogP contribution in [0.1, 0.15) is 26.3 Å². The Bertz CT molecular complexity index is 509. The van der Waals surface area contributed by atoms with Crippen molar-refractivity contribution >= 4 is 36.4 Å². The number of benzene rings is 1. The second-order valence-electron chi connectivity index (χ2n) is 7.00. The summed E-state index contributed by atoms with van der Waals surface area (Å²) in [5.74, 6) is 0.0754. The molecule has 1 aliphatic rings. The van der Waals surface area contributed by atoms with Crippen LogP contribution in [-0.2, 0) is 4.79 Å². The normalized spacial score (nSPS) is 16.2. The van der Waals surface area contributed by atoms with Crippen molar-refractivity contribution in [3.05, 3.63) is 29.8 Å². The van der Waals surface area contributed by atoms with Gasteiger partial charge in [-0.3, -0.25) is 4.79 Å². The monoisotopic (exact) mass is 361 g/mol. The lowest BCUT2D eigenvalue weighted by molar-refractivity contribution is -0.135. The Morgan fingerprint density at radius 3 is 2.17 bits per heavy atom. The Morgan fingerprint density at radius 2 is 1.70 bits per heavy atom. The van der Waals surface area contributed by atoms with Crippen LogP contribution in [-0.4, -0.2) is 43.0 Å². The third-order valence-corrected chi connectivity index (χ3v) is 4.16. The predicted octanol–water partition coefficient (Wildman–Crippen LogP) is 2.86. The Balaban J connectivity index is 0.00000242. The highest BCUT2D eigenvalue weighted by atomic mass is 35.5. The van der Waals surface area contributed by atoms with Crippen LogP contribution >= 0.6 is 24.8 Å². The molecule has 1 aromatic rings. The van der Waals surface area contributed by atoms with E-state index in [1.54, 1.807) is 0 Å². The number of hydrogen-bond donors (Lipinski definition) is 1. The first-order valence-corrected chi connectivity index (χ1v) is 7.65. The molecule has 1 aliphatic heterocycles. The zero-order chi connectivity index (χ0) is 15.6. The number of amides is 1. The summed E-state index contributed by atoms with van der Waals surface area (Å²) < 4.78 is 0. The van der Waals surface area contributed by atoms with Gasteiger partial charge in [-0.25, -0.2) is 0 Å². The van der Waals surface area contributed by atoms with E-state index in [9.17, 15) is 4.79 Å². The first kappa shape index (κ1) is 22.0. The van der Waals surface area contributed by atoms with Crippen molar-refractivity contribution in [2.75, 3.05) is 31.1 Å². The van der Waals surface area contributed by atoms with Crippen LogP contribution in [0, 0.1) is 12.3 Å². The fraction of sp³-hybridized carbons (Fsp3) is 0.588. The molecular weight excluding hydrogens is 333 g/mol. The average molecular weight is 362 g/mol. The van der Waals surface area contributed by atoms with Gasteiger partial charge in [0.2, 0.25) is 5.91 Å². The summed E-state index contributed by atoms with van der Waals surface area (Å²) >= 11 is 0. The molecule has 0 radical (unpaired) electrons. The number of nitrogens with zero attached hydrogens (tertiary/aromatic N) is 2. The number of carbonyl (C=O) groups is 1. The standard InChI is InChI=1S/C17H27N3O.2ClH/c1-13-6-5-7-14(12-13)19-8-10-20(11-9-19)16(21)15(18)17(2,3)4;;/h5-7,12,15H,8-11,18H2,1-4H3;2*1H/t15-;;/m1../s1. The molecule has 0 aromatic heterocycles. The number of hydrogen-bond acceptors (Lipinski definition) is 3. The van der Waals surface area contributed by atoms with Gasteiger partial charge in [-0.1, -0.05) is 32.9 Å². The highest BCUT2D eigenvalue weighted by Crippen LogP contribution is 2.21. The van der Waals surface area contributed by atoms with Crippen molar-refractivity contribution in [3.8, 4) is 0 Å². The van der Waals surface area contributed by atoms with E-state index in [2.05, 4.69) is 36.1 Å². The van der Waals surface area contributed by atoms with Gasteiger partial charge in [0.05, 0.1) is 6.04 Å². The Kier molecular flexibility index (Phi) is 8.39. The zero-order valence-electron chi connectivity index (χ0n) is 14.4. The molecule has 1 fully saturated rings. The Labute approximate surface area is 152 Å². The number of rotatable bonds is 2. The molecule has 6 heteroatoms. The van der Waals surface area contributed by atoms with Gasteiger partial charge in [-0.15, -0.1) is 24.8 Å². The van der Waals surface area contributed by atoms with E-state index in [1.807, 2.05) is 25.7 Å². The second kappa shape index (κ2) is 8.76. The summed E-state index contributed by atoms with van der Waals surface area (Å²) in [6.45, 7) is 11.4. The Morgan fingerprint density at radius 1 is 1.13 bits per heavy atom. The summed E-state index contributed by atoms with van der Waals surface area (Å²) in [7, 11) is 0. The molecule has 1 saturated heterocycles. The summed E-state index contributed by atoms with van der Waals surface area (Å²) in [6.07, 6.45) is 0. The Hall–Kier alpha value is -0.970. The number of carbonyl (C=O) groups excluding carboxylic acids is 1. The van der Waals surface area contributed by atoms with Crippen LogP contribution in [0.25, 0.3) is 0 Å². The summed E-state index contributed by atoms with van der Waals surface area (Å²) in [5.41, 5.74) is 8.40. The SMILES string of the molecule is Cc1cccc(N2CCN(C(=O)[C@@H](N)C(C)(C)C)CC2)c1.Cl.Cl. The first-order valence-electron chi connectivity index (χ1n) is 7.65. The van der Waals surface area contributed by atoms with Gasteiger partial charge in [0.1, 0.15) is 0 Å². The number of anilines is 1. The van der Waals surface area contributed by atoms with E-state index in [1.165, 1.54) is 11.3 Å². The molecule has 0 saturated carbocycles. The fourth-order valence-electron chi connectivity index (χ4n) is 2.58. The van der Waals surface area contributed by atoms with Crippen LogP contribution in [0.2, 0.25) is 0 Å². The van der Waals surface area contributed by atoms with Gasteiger partial charge in [-0.05, 0) is 30.0 Å². The van der Waals surface area contributed by atoms with Gasteiger partial charge >= 0.3 is 0 Å². The highest BCUT2D eigenvalue weighted by Gasteiger charge is 2.32. The van der Waals surface area contributed by atoms with Gasteiger partial charge in [0, 0.05) is 31.9 Å². The lowest BCUT2D eigenvalue weighted by Crippen LogP contribution is -2.56. The van der Waals surface area contributed by atoms with Crippen molar-refractivity contribution in [2.45, 2.75) is 33.7 Å². The van der Waals surface area contributed by atoms with Crippen molar-refractivity contribution in [3.63, 3.8) is 0 Å². The smallest absolute Gasteiger partial charge is 0.240 e. The molecule has 23 heavy (non-hydrogen) atoms. The summed E-state index contributed by atoms with van der Waals surface area (Å²) in [4.78, 5) is 16.7. The third kappa shape index (κ3) is 5.55. The van der Waals surface area contributed by atoms with Gasteiger partial charge in [0.25, 0.3) is 0 Å². The minimum atomic E-state index is -0.428. The molecule has 1 atom stereocenters. The van der Waals surface area contributed by atoms with E-state index in [0.29, 0.717) is 0 Å². The molecule has 2 N–H and O–H groups in total. The topological polar surface area (TPSA) is 49.6 Å². The summed E-state index contributed by atoms with van der Waals surface area (Å²) in [5, 5.41) is 0. The number of nitrogens with two attached hydrogens (primary N) is 1. The van der Waals surface area contributed by atoms with Crippen LogP contribution in [0.4, 0.5) is 5.69 Å². The molecular formula is C17H29Cl2N3O. The van der Waals surface area contributed by atoms with Crippen LogP contribution in [0.5, 0.6) is 0 Å². The maximum atomic E-state index is 12.4. The van der Waals surface area contributed by atoms with E-state index in [0.717, 1.165) is 26.2 Å². The van der Waals surface area contributed by atoms with E-state index in [4.69, 9.17) is 5.73 Å². The maximum Gasteiger partial charge on any atom is 0.240 e. The van der Waals surface area contributed by atoms with E-state index < -0.39 is 6.04 Å². The number of aryl methyl sites for hydroxylation is 1. The largest absolute Gasteiger partial charge is 0.368 e. The maximum absolute atomic E-state index is 12.4. The fourth-order valence-corrected chi connectivity index (χ4v) is 2.58. The second-order valence-corrected chi connectivity index (χ2v) is 7.00. The molecule has 2 rings (SSSR count). The molecule has 132 valence electrons. The van der Waals surface area contributed by atoms with Gasteiger partial charge < -0.3 is 15.5 Å². The molecule has 1 amide bonds. The van der Waals surface area contributed by atoms with Crippen molar-refractivity contribution in [2.24, 2.45) is 11.1 Å². The first-order chi connectivity index (χ1) is 9.79. The molecule has 1 heterocycles. The molecule has 0 bridgehead atoms. The molecule has 1 aromatic carbocycles. The minimum Gasteiger partial charge on any atom is -0.368 e. The third-order valence-electron chi connectivity index (χ3n) is 4.16. The molecule has 4 nitrogen and oxygen atoms in total. The van der Waals surface area contributed by atoms with Gasteiger partial charge in [0.15, 0.2) is 0 Å². The van der Waals surface area contributed by atoms with Crippen LogP contribution in [0.15, 0.2) is 24.3 Å². The highest BCUT2D eigenvalue weighted by molar-refractivity contribution is 5.85. The van der Waals surface area contributed by atoms with Crippen LogP contribution < -0.4 is 10.6 Å². The van der Waals surface area contributed by atoms with E-state index >= 15 is 0 Å². The zero-order valence-corrected chi connectivity index (χ0v) is 16.0.